The van der Waals surface area contributed by atoms with E-state index in [-0.39, 0.29) is 18.3 Å². The summed E-state index contributed by atoms with van der Waals surface area (Å²) in [7, 11) is -1.69. The highest BCUT2D eigenvalue weighted by molar-refractivity contribution is 7.89. The smallest absolute Gasteiger partial charge is 0.219 e. The molecule has 1 saturated heterocycles. The first-order valence-electron chi connectivity index (χ1n) is 7.37. The van der Waals surface area contributed by atoms with Crippen molar-refractivity contribution < 1.29 is 22.3 Å². The van der Waals surface area contributed by atoms with Crippen molar-refractivity contribution in [3.63, 3.8) is 0 Å². The average molecular weight is 333 g/mol. The lowest BCUT2D eigenvalue weighted by Crippen LogP contribution is -2.40. The van der Waals surface area contributed by atoms with E-state index in [0.717, 1.165) is 0 Å². The first kappa shape index (κ1) is 17.3. The third-order valence-corrected chi connectivity index (χ3v) is 5.49. The maximum Gasteiger partial charge on any atom is 0.219 e. The Kier molecular flexibility index (Phi) is 6.30. The van der Waals surface area contributed by atoms with Crippen LogP contribution in [0.5, 0.6) is 0 Å². The van der Waals surface area contributed by atoms with Gasteiger partial charge in [0, 0.05) is 33.0 Å². The first-order valence-corrected chi connectivity index (χ1v) is 8.98. The lowest BCUT2D eigenvalue weighted by molar-refractivity contribution is 0.0781. The second kappa shape index (κ2) is 8.00. The summed E-state index contributed by atoms with van der Waals surface area (Å²) in [4.78, 5) is 0. The zero-order chi connectivity index (χ0) is 16.0. The second-order valence-corrected chi connectivity index (χ2v) is 7.34. The minimum atomic E-state index is -3.27. The molecule has 0 bridgehead atoms. The van der Waals surface area contributed by atoms with Gasteiger partial charge in [-0.1, -0.05) is 0 Å². The van der Waals surface area contributed by atoms with E-state index in [4.69, 9.17) is 13.9 Å². The Morgan fingerprint density at radius 2 is 1.95 bits per heavy atom. The number of aryl methyl sites for hydroxylation is 1. The summed E-state index contributed by atoms with van der Waals surface area (Å²) in [5, 5.41) is 7.84. The fourth-order valence-electron chi connectivity index (χ4n) is 2.40. The third-order valence-electron chi connectivity index (χ3n) is 3.66. The Hall–Kier alpha value is -1.03. The van der Waals surface area contributed by atoms with Crippen LogP contribution in [0.2, 0.25) is 0 Å². The van der Waals surface area contributed by atoms with Crippen molar-refractivity contribution in [1.82, 2.24) is 14.5 Å². The van der Waals surface area contributed by atoms with E-state index in [0.29, 0.717) is 50.9 Å². The van der Waals surface area contributed by atoms with E-state index in [1.165, 1.54) is 4.31 Å². The largest absolute Gasteiger partial charge is 0.425 e. The van der Waals surface area contributed by atoms with Gasteiger partial charge in [-0.25, -0.2) is 12.7 Å². The highest BCUT2D eigenvalue weighted by Gasteiger charge is 2.30. The summed E-state index contributed by atoms with van der Waals surface area (Å²) in [5.74, 6) is 1.29. The van der Waals surface area contributed by atoms with Crippen molar-refractivity contribution in [3.05, 3.63) is 11.8 Å². The van der Waals surface area contributed by atoms with E-state index in [1.54, 1.807) is 14.0 Å². The zero-order valence-corrected chi connectivity index (χ0v) is 13.8. The van der Waals surface area contributed by atoms with E-state index in [2.05, 4.69) is 10.2 Å². The SMILES string of the molecule is COCCOCCS(=O)(=O)N1CCC(c2nnc(C)o2)CC1. The van der Waals surface area contributed by atoms with Crippen molar-refractivity contribution >= 4 is 10.0 Å². The van der Waals surface area contributed by atoms with Crippen LogP contribution >= 0.6 is 0 Å². The van der Waals surface area contributed by atoms with Crippen LogP contribution in [0, 0.1) is 6.92 Å². The molecule has 22 heavy (non-hydrogen) atoms. The predicted molar refractivity (Wildman–Crippen MR) is 79.1 cm³/mol. The van der Waals surface area contributed by atoms with Gasteiger partial charge in [0.05, 0.1) is 25.6 Å². The molecular weight excluding hydrogens is 310 g/mol. The standard InChI is InChI=1S/C13H23N3O5S/c1-11-14-15-13(21-11)12-3-5-16(6-4-12)22(17,18)10-9-20-8-7-19-2/h12H,3-10H2,1-2H3. The second-order valence-electron chi connectivity index (χ2n) is 5.25. The van der Waals surface area contributed by atoms with Crippen molar-refractivity contribution in [3.8, 4) is 0 Å². The fraction of sp³-hybridized carbons (Fsp3) is 0.846. The molecular formula is C13H23N3O5S. The topological polar surface area (TPSA) is 94.8 Å². The monoisotopic (exact) mass is 333 g/mol. The molecule has 1 aliphatic heterocycles. The number of aromatic nitrogens is 2. The number of nitrogens with zero attached hydrogens (tertiary/aromatic N) is 3. The van der Waals surface area contributed by atoms with Gasteiger partial charge in [-0.3, -0.25) is 0 Å². The van der Waals surface area contributed by atoms with Crippen molar-refractivity contribution in [1.29, 1.82) is 0 Å². The van der Waals surface area contributed by atoms with Crippen LogP contribution < -0.4 is 0 Å². The van der Waals surface area contributed by atoms with Gasteiger partial charge in [-0.2, -0.15) is 0 Å². The molecule has 2 rings (SSSR count). The highest BCUT2D eigenvalue weighted by atomic mass is 32.2. The van der Waals surface area contributed by atoms with Crippen molar-refractivity contribution in [2.24, 2.45) is 0 Å². The quantitative estimate of drug-likeness (QED) is 0.641. The fourth-order valence-corrected chi connectivity index (χ4v) is 3.75. The Bertz CT molecular complexity index is 552. The lowest BCUT2D eigenvalue weighted by atomic mass is 9.98. The van der Waals surface area contributed by atoms with Gasteiger partial charge in [0.1, 0.15) is 0 Å². The average Bonchev–Trinajstić information content (AvgIpc) is 2.94. The van der Waals surface area contributed by atoms with E-state index < -0.39 is 10.0 Å². The molecule has 0 radical (unpaired) electrons. The normalized spacial score (nSPS) is 17.9. The zero-order valence-electron chi connectivity index (χ0n) is 13.0. The molecule has 1 aliphatic rings. The molecule has 1 aromatic heterocycles. The summed E-state index contributed by atoms with van der Waals surface area (Å²) in [6, 6.07) is 0. The van der Waals surface area contributed by atoms with Crippen LogP contribution in [-0.2, 0) is 19.5 Å². The van der Waals surface area contributed by atoms with Gasteiger partial charge >= 0.3 is 0 Å². The van der Waals surface area contributed by atoms with Crippen LogP contribution in [0.15, 0.2) is 4.42 Å². The van der Waals surface area contributed by atoms with Gasteiger partial charge in [0.15, 0.2) is 0 Å². The number of hydrogen-bond donors (Lipinski definition) is 0. The van der Waals surface area contributed by atoms with E-state index in [1.807, 2.05) is 0 Å². The molecule has 0 saturated carbocycles. The summed E-state index contributed by atoms with van der Waals surface area (Å²) >= 11 is 0. The predicted octanol–water partition coefficient (Wildman–Crippen LogP) is 0.550. The Labute approximate surface area is 130 Å². The number of rotatable bonds is 8. The van der Waals surface area contributed by atoms with Gasteiger partial charge < -0.3 is 13.9 Å². The number of piperidine rings is 1. The molecule has 0 atom stereocenters. The van der Waals surface area contributed by atoms with E-state index in [9.17, 15) is 8.42 Å². The lowest BCUT2D eigenvalue weighted by Gasteiger charge is -2.29. The summed E-state index contributed by atoms with van der Waals surface area (Å²) in [6.45, 7) is 3.77. The molecule has 0 spiro atoms. The molecule has 2 heterocycles. The molecule has 0 aliphatic carbocycles. The maximum absolute atomic E-state index is 12.2. The molecule has 126 valence electrons. The van der Waals surface area contributed by atoms with Crippen molar-refractivity contribution in [2.75, 3.05) is 45.8 Å². The molecule has 1 aromatic rings. The number of ether oxygens (including phenoxy) is 2. The molecule has 0 aromatic carbocycles. The highest BCUT2D eigenvalue weighted by Crippen LogP contribution is 2.28. The third kappa shape index (κ3) is 4.73. The van der Waals surface area contributed by atoms with Crippen LogP contribution in [-0.4, -0.2) is 68.7 Å². The van der Waals surface area contributed by atoms with Crippen LogP contribution in [0.4, 0.5) is 0 Å². The van der Waals surface area contributed by atoms with E-state index >= 15 is 0 Å². The maximum atomic E-state index is 12.2. The Morgan fingerprint density at radius 3 is 2.55 bits per heavy atom. The first-order chi connectivity index (χ1) is 10.5. The molecule has 0 amide bonds. The number of hydrogen-bond acceptors (Lipinski definition) is 7. The minimum absolute atomic E-state index is 0.00104. The van der Waals surface area contributed by atoms with Crippen LogP contribution in [0.3, 0.4) is 0 Å². The molecule has 8 nitrogen and oxygen atoms in total. The van der Waals surface area contributed by atoms with Gasteiger partial charge in [0.25, 0.3) is 0 Å². The summed E-state index contributed by atoms with van der Waals surface area (Å²) in [6.07, 6.45) is 1.40. The minimum Gasteiger partial charge on any atom is -0.425 e. The molecule has 0 unspecified atom stereocenters. The van der Waals surface area contributed by atoms with Crippen molar-refractivity contribution in [2.45, 2.75) is 25.7 Å². The van der Waals surface area contributed by atoms with Crippen LogP contribution in [0.25, 0.3) is 0 Å². The van der Waals surface area contributed by atoms with Gasteiger partial charge in [0.2, 0.25) is 21.8 Å². The summed E-state index contributed by atoms with van der Waals surface area (Å²) in [5.41, 5.74) is 0. The van der Waals surface area contributed by atoms with Gasteiger partial charge in [-0.05, 0) is 12.8 Å². The Morgan fingerprint density at radius 1 is 1.23 bits per heavy atom. The molecule has 0 N–H and O–H groups in total. The molecule has 9 heteroatoms. The van der Waals surface area contributed by atoms with Gasteiger partial charge in [-0.15, -0.1) is 10.2 Å². The molecule has 1 fully saturated rings. The Balaban J connectivity index is 1.77. The number of sulfonamides is 1. The summed E-state index contributed by atoms with van der Waals surface area (Å²) < 4.78 is 41.5. The number of methoxy groups -OCH3 is 1. The van der Waals surface area contributed by atoms with Crippen LogP contribution in [0.1, 0.15) is 30.5 Å².